The maximum atomic E-state index is 3.55. The van der Waals surface area contributed by atoms with Crippen LogP contribution in [0, 0.1) is 0 Å². The quantitative estimate of drug-likeness (QED) is 0.846. The first-order valence-electron chi connectivity index (χ1n) is 6.35. The molecule has 1 saturated heterocycles. The van der Waals surface area contributed by atoms with Gasteiger partial charge in [0.05, 0.1) is 5.69 Å². The summed E-state index contributed by atoms with van der Waals surface area (Å²) in [5.41, 5.74) is 2.52. The molecule has 0 radical (unpaired) electrons. The second-order valence-corrected chi connectivity index (χ2v) is 4.89. The fraction of sp³-hybridized carbons (Fsp3) is 0.429. The van der Waals surface area contributed by atoms with Crippen LogP contribution in [0.5, 0.6) is 0 Å². The Kier molecular flexibility index (Phi) is 2.77. The van der Waals surface area contributed by atoms with Gasteiger partial charge in [0.2, 0.25) is 0 Å². The topological polar surface area (TPSA) is 31.1 Å². The SMILES string of the molecule is CN(CC1CCCN1)c1c[nH]c2ccccc12. The molecule has 0 spiro atoms. The van der Waals surface area contributed by atoms with Gasteiger partial charge in [-0.15, -0.1) is 0 Å². The lowest BCUT2D eigenvalue weighted by Gasteiger charge is -2.22. The van der Waals surface area contributed by atoms with Gasteiger partial charge in [0.1, 0.15) is 0 Å². The van der Waals surface area contributed by atoms with Gasteiger partial charge in [0.25, 0.3) is 0 Å². The lowest BCUT2D eigenvalue weighted by Crippen LogP contribution is -2.35. The van der Waals surface area contributed by atoms with Gasteiger partial charge < -0.3 is 15.2 Å². The van der Waals surface area contributed by atoms with E-state index < -0.39 is 0 Å². The highest BCUT2D eigenvalue weighted by Gasteiger charge is 2.17. The Hall–Kier alpha value is -1.48. The number of likely N-dealkylation sites (N-methyl/N-ethyl adjacent to an activating group) is 1. The third-order valence-corrected chi connectivity index (χ3v) is 3.64. The van der Waals surface area contributed by atoms with E-state index in [0.717, 1.165) is 6.54 Å². The fourth-order valence-electron chi connectivity index (χ4n) is 2.71. The van der Waals surface area contributed by atoms with E-state index in [9.17, 15) is 0 Å². The molecule has 1 unspecified atom stereocenters. The van der Waals surface area contributed by atoms with Crippen LogP contribution in [0.1, 0.15) is 12.8 Å². The van der Waals surface area contributed by atoms with E-state index in [4.69, 9.17) is 0 Å². The standard InChI is InChI=1S/C14H19N3/c1-17(10-11-5-4-8-15-11)14-9-16-13-7-3-2-6-12(13)14/h2-3,6-7,9,11,15-16H,4-5,8,10H2,1H3. The molecule has 1 atom stereocenters. The van der Waals surface area contributed by atoms with Crippen LogP contribution < -0.4 is 10.2 Å². The molecule has 2 heterocycles. The van der Waals surface area contributed by atoms with Crippen molar-refractivity contribution >= 4 is 16.6 Å². The Bertz CT molecular complexity index is 497. The normalized spacial score (nSPS) is 19.9. The summed E-state index contributed by atoms with van der Waals surface area (Å²) in [5.74, 6) is 0. The van der Waals surface area contributed by atoms with Crippen LogP contribution >= 0.6 is 0 Å². The summed E-state index contributed by atoms with van der Waals surface area (Å²) in [6, 6.07) is 9.12. The number of aromatic amines is 1. The first-order valence-corrected chi connectivity index (χ1v) is 6.35. The van der Waals surface area contributed by atoms with Gasteiger partial charge in [0.15, 0.2) is 0 Å². The molecule has 3 rings (SSSR count). The Morgan fingerprint density at radius 3 is 3.06 bits per heavy atom. The van der Waals surface area contributed by atoms with E-state index in [1.807, 2.05) is 0 Å². The van der Waals surface area contributed by atoms with Crippen molar-refractivity contribution in [2.24, 2.45) is 0 Å². The summed E-state index contributed by atoms with van der Waals surface area (Å²) in [5, 5.41) is 4.86. The minimum atomic E-state index is 0.647. The second-order valence-electron chi connectivity index (χ2n) is 4.89. The van der Waals surface area contributed by atoms with E-state index in [1.54, 1.807) is 0 Å². The average Bonchev–Trinajstić information content (AvgIpc) is 2.96. The average molecular weight is 229 g/mol. The highest BCUT2D eigenvalue weighted by atomic mass is 15.1. The summed E-state index contributed by atoms with van der Waals surface area (Å²) >= 11 is 0. The van der Waals surface area contributed by atoms with Crippen LogP contribution in [0.2, 0.25) is 0 Å². The van der Waals surface area contributed by atoms with Gasteiger partial charge in [-0.2, -0.15) is 0 Å². The van der Waals surface area contributed by atoms with Gasteiger partial charge in [-0.3, -0.25) is 0 Å². The molecule has 0 amide bonds. The number of hydrogen-bond acceptors (Lipinski definition) is 2. The molecule has 3 nitrogen and oxygen atoms in total. The molecule has 1 aliphatic rings. The van der Waals surface area contributed by atoms with E-state index in [-0.39, 0.29) is 0 Å². The number of hydrogen-bond donors (Lipinski definition) is 2. The molecule has 1 aliphatic heterocycles. The zero-order valence-electron chi connectivity index (χ0n) is 10.2. The van der Waals surface area contributed by atoms with Gasteiger partial charge in [-0.25, -0.2) is 0 Å². The Balaban J connectivity index is 1.82. The molecule has 2 N–H and O–H groups in total. The van der Waals surface area contributed by atoms with E-state index in [2.05, 4.69) is 52.7 Å². The predicted molar refractivity (Wildman–Crippen MR) is 72.6 cm³/mol. The van der Waals surface area contributed by atoms with Crippen LogP contribution in [-0.4, -0.2) is 31.2 Å². The third kappa shape index (κ3) is 2.03. The van der Waals surface area contributed by atoms with Crippen molar-refractivity contribution < 1.29 is 0 Å². The van der Waals surface area contributed by atoms with Crippen molar-refractivity contribution in [3.8, 4) is 0 Å². The van der Waals surface area contributed by atoms with Crippen molar-refractivity contribution in [1.82, 2.24) is 10.3 Å². The number of aromatic nitrogens is 1. The molecule has 1 aromatic heterocycles. The zero-order chi connectivity index (χ0) is 11.7. The molecule has 17 heavy (non-hydrogen) atoms. The molecule has 0 bridgehead atoms. The predicted octanol–water partition coefficient (Wildman–Crippen LogP) is 2.36. The molecule has 1 fully saturated rings. The van der Waals surface area contributed by atoms with Crippen LogP contribution in [-0.2, 0) is 0 Å². The molecule has 0 saturated carbocycles. The lowest BCUT2D eigenvalue weighted by molar-refractivity contribution is 0.600. The Morgan fingerprint density at radius 2 is 2.24 bits per heavy atom. The smallest absolute Gasteiger partial charge is 0.0621 e. The number of H-pyrrole nitrogens is 1. The molecule has 3 heteroatoms. The fourth-order valence-corrected chi connectivity index (χ4v) is 2.71. The van der Waals surface area contributed by atoms with Crippen molar-refractivity contribution in [2.45, 2.75) is 18.9 Å². The van der Waals surface area contributed by atoms with Gasteiger partial charge in [-0.1, -0.05) is 18.2 Å². The first-order chi connectivity index (χ1) is 8.34. The maximum absolute atomic E-state index is 3.55. The van der Waals surface area contributed by atoms with Crippen LogP contribution in [0.25, 0.3) is 10.9 Å². The van der Waals surface area contributed by atoms with Gasteiger partial charge >= 0.3 is 0 Å². The molecule has 2 aromatic rings. The summed E-state index contributed by atoms with van der Waals surface area (Å²) in [4.78, 5) is 5.68. The highest BCUT2D eigenvalue weighted by Crippen LogP contribution is 2.26. The first kappa shape index (κ1) is 10.7. The van der Waals surface area contributed by atoms with Gasteiger partial charge in [-0.05, 0) is 25.5 Å². The number of benzene rings is 1. The lowest BCUT2D eigenvalue weighted by atomic mass is 10.2. The minimum Gasteiger partial charge on any atom is -0.371 e. The van der Waals surface area contributed by atoms with Crippen molar-refractivity contribution in [1.29, 1.82) is 0 Å². The summed E-state index contributed by atoms with van der Waals surface area (Å²) in [6.07, 6.45) is 4.72. The third-order valence-electron chi connectivity index (χ3n) is 3.64. The number of fused-ring (bicyclic) bond motifs is 1. The maximum Gasteiger partial charge on any atom is 0.0621 e. The molecule has 90 valence electrons. The van der Waals surface area contributed by atoms with Crippen LogP contribution in [0.4, 0.5) is 5.69 Å². The Labute approximate surface area is 102 Å². The number of rotatable bonds is 3. The second kappa shape index (κ2) is 4.41. The van der Waals surface area contributed by atoms with Crippen molar-refractivity contribution in [3.05, 3.63) is 30.5 Å². The van der Waals surface area contributed by atoms with Crippen LogP contribution in [0.3, 0.4) is 0 Å². The van der Waals surface area contributed by atoms with E-state index in [0.29, 0.717) is 6.04 Å². The monoisotopic (exact) mass is 229 g/mol. The largest absolute Gasteiger partial charge is 0.371 e. The molecule has 1 aromatic carbocycles. The van der Waals surface area contributed by atoms with Crippen molar-refractivity contribution in [3.63, 3.8) is 0 Å². The molecular formula is C14H19N3. The van der Waals surface area contributed by atoms with E-state index >= 15 is 0 Å². The minimum absolute atomic E-state index is 0.647. The number of nitrogens with one attached hydrogen (secondary N) is 2. The zero-order valence-corrected chi connectivity index (χ0v) is 10.2. The van der Waals surface area contributed by atoms with Crippen molar-refractivity contribution in [2.75, 3.05) is 25.0 Å². The summed E-state index contributed by atoms with van der Waals surface area (Å²) < 4.78 is 0. The molecule has 0 aliphatic carbocycles. The number of para-hydroxylation sites is 1. The summed E-state index contributed by atoms with van der Waals surface area (Å²) in [7, 11) is 2.18. The number of anilines is 1. The van der Waals surface area contributed by atoms with Crippen LogP contribution in [0.15, 0.2) is 30.5 Å². The molecular weight excluding hydrogens is 210 g/mol. The van der Waals surface area contributed by atoms with E-state index in [1.165, 1.54) is 36.0 Å². The highest BCUT2D eigenvalue weighted by molar-refractivity contribution is 5.92. The summed E-state index contributed by atoms with van der Waals surface area (Å²) in [6.45, 7) is 2.26. The number of nitrogens with zero attached hydrogens (tertiary/aromatic N) is 1. The Morgan fingerprint density at radius 1 is 1.35 bits per heavy atom. The van der Waals surface area contributed by atoms with Gasteiger partial charge in [0, 0.05) is 36.7 Å².